The van der Waals surface area contributed by atoms with E-state index in [4.69, 9.17) is 5.73 Å². The number of amides is 1. The molecule has 5 N–H and O–H groups in total. The minimum atomic E-state index is -3.25. The van der Waals surface area contributed by atoms with E-state index in [1.54, 1.807) is 7.05 Å². The Kier molecular flexibility index (Phi) is 8.11. The van der Waals surface area contributed by atoms with Gasteiger partial charge >= 0.3 is 0 Å². The maximum absolute atomic E-state index is 12.0. The first-order valence-corrected chi connectivity index (χ1v) is 11.0. The molecule has 0 atom stereocenters. The number of nitrogens with one attached hydrogen (secondary N) is 3. The molecule has 0 unspecified atom stereocenters. The number of piperidine rings is 1. The molecular weight excluding hydrogens is 356 g/mol. The van der Waals surface area contributed by atoms with Crippen LogP contribution in [0.5, 0.6) is 0 Å². The van der Waals surface area contributed by atoms with Crippen LogP contribution >= 0.6 is 0 Å². The SMILES string of the molecule is CN=C(NCCS(=O)(=O)NCC1CCC1)NC1CCN(CC(N)=O)CC1. The molecule has 0 aromatic heterocycles. The highest BCUT2D eigenvalue weighted by Gasteiger charge is 2.22. The molecule has 2 aliphatic rings. The monoisotopic (exact) mass is 388 g/mol. The van der Waals surface area contributed by atoms with Gasteiger partial charge in [0, 0.05) is 39.3 Å². The van der Waals surface area contributed by atoms with Crippen LogP contribution in [0.1, 0.15) is 32.1 Å². The van der Waals surface area contributed by atoms with Crippen molar-refractivity contribution in [2.45, 2.75) is 38.1 Å². The lowest BCUT2D eigenvalue weighted by atomic mass is 9.86. The number of aliphatic imine (C=N–C) groups is 1. The minimum absolute atomic E-state index is 0.0253. The zero-order valence-corrected chi connectivity index (χ0v) is 16.4. The van der Waals surface area contributed by atoms with Gasteiger partial charge in [-0.2, -0.15) is 0 Å². The van der Waals surface area contributed by atoms with E-state index in [0.717, 1.165) is 38.8 Å². The molecule has 0 bridgehead atoms. The number of carbonyl (C=O) groups excluding carboxylic acids is 1. The minimum Gasteiger partial charge on any atom is -0.369 e. The molecule has 0 aromatic carbocycles. The molecule has 26 heavy (non-hydrogen) atoms. The number of sulfonamides is 1. The van der Waals surface area contributed by atoms with Crippen LogP contribution in [0.4, 0.5) is 0 Å². The van der Waals surface area contributed by atoms with E-state index >= 15 is 0 Å². The average Bonchev–Trinajstić information content (AvgIpc) is 2.53. The first-order chi connectivity index (χ1) is 12.4. The molecule has 1 amide bonds. The molecule has 1 heterocycles. The highest BCUT2D eigenvalue weighted by molar-refractivity contribution is 7.89. The fraction of sp³-hybridized carbons (Fsp3) is 0.875. The standard InChI is InChI=1S/C16H32N6O3S/c1-18-16(21-14-5-8-22(9-6-14)12-15(17)23)19-7-10-26(24,25)20-11-13-3-2-4-13/h13-14,20H,2-12H2,1H3,(H2,17,23)(H2,18,19,21). The van der Waals surface area contributed by atoms with Crippen molar-refractivity contribution in [1.82, 2.24) is 20.3 Å². The van der Waals surface area contributed by atoms with E-state index < -0.39 is 10.0 Å². The summed E-state index contributed by atoms with van der Waals surface area (Å²) in [5.74, 6) is 0.832. The molecule has 1 saturated heterocycles. The molecule has 0 spiro atoms. The summed E-state index contributed by atoms with van der Waals surface area (Å²) in [7, 11) is -1.59. The molecule has 1 aliphatic carbocycles. The van der Waals surface area contributed by atoms with Crippen LogP contribution in [0.25, 0.3) is 0 Å². The maximum Gasteiger partial charge on any atom is 0.231 e. The van der Waals surface area contributed by atoms with Gasteiger partial charge in [0.15, 0.2) is 5.96 Å². The maximum atomic E-state index is 12.0. The number of guanidine groups is 1. The van der Waals surface area contributed by atoms with Crippen molar-refractivity contribution < 1.29 is 13.2 Å². The Hall–Kier alpha value is -1.39. The van der Waals surface area contributed by atoms with Gasteiger partial charge in [-0.25, -0.2) is 13.1 Å². The summed E-state index contributed by atoms with van der Waals surface area (Å²) in [5, 5.41) is 6.38. The molecule has 2 rings (SSSR count). The summed E-state index contributed by atoms with van der Waals surface area (Å²) in [5.41, 5.74) is 5.22. The molecule has 0 radical (unpaired) electrons. The normalized spacial score (nSPS) is 20.6. The number of nitrogens with two attached hydrogens (primary N) is 1. The zero-order valence-electron chi connectivity index (χ0n) is 15.5. The number of carbonyl (C=O) groups is 1. The summed E-state index contributed by atoms with van der Waals surface area (Å²) in [4.78, 5) is 17.2. The average molecular weight is 389 g/mol. The van der Waals surface area contributed by atoms with Crippen molar-refractivity contribution in [3.05, 3.63) is 0 Å². The molecule has 150 valence electrons. The van der Waals surface area contributed by atoms with Gasteiger partial charge in [-0.15, -0.1) is 0 Å². The molecule has 2 fully saturated rings. The van der Waals surface area contributed by atoms with Crippen LogP contribution in [0.2, 0.25) is 0 Å². The highest BCUT2D eigenvalue weighted by atomic mass is 32.2. The van der Waals surface area contributed by atoms with E-state index in [0.29, 0.717) is 31.5 Å². The molecule has 9 nitrogen and oxygen atoms in total. The third kappa shape index (κ3) is 7.46. The molecule has 10 heteroatoms. The van der Waals surface area contributed by atoms with E-state index in [1.165, 1.54) is 6.42 Å². The van der Waals surface area contributed by atoms with Crippen molar-refractivity contribution in [1.29, 1.82) is 0 Å². The van der Waals surface area contributed by atoms with Crippen LogP contribution in [0.15, 0.2) is 4.99 Å². The number of primary amides is 1. The largest absolute Gasteiger partial charge is 0.369 e. The predicted molar refractivity (Wildman–Crippen MR) is 102 cm³/mol. The molecular formula is C16H32N6O3S. The van der Waals surface area contributed by atoms with Crippen LogP contribution in [-0.2, 0) is 14.8 Å². The fourth-order valence-electron chi connectivity index (χ4n) is 3.16. The van der Waals surface area contributed by atoms with Crippen molar-refractivity contribution in [3.63, 3.8) is 0 Å². The number of hydrogen-bond acceptors (Lipinski definition) is 5. The van der Waals surface area contributed by atoms with Crippen LogP contribution in [0, 0.1) is 5.92 Å². The van der Waals surface area contributed by atoms with Crippen molar-refractivity contribution in [3.8, 4) is 0 Å². The van der Waals surface area contributed by atoms with Gasteiger partial charge in [0.1, 0.15) is 0 Å². The third-order valence-electron chi connectivity index (χ3n) is 5.01. The van der Waals surface area contributed by atoms with Gasteiger partial charge < -0.3 is 16.4 Å². The Labute approximate surface area is 156 Å². The van der Waals surface area contributed by atoms with Crippen LogP contribution in [-0.4, -0.2) is 76.8 Å². The number of likely N-dealkylation sites (tertiary alicyclic amines) is 1. The second kappa shape index (κ2) is 10.1. The Morgan fingerprint density at radius 3 is 2.46 bits per heavy atom. The topological polar surface area (TPSA) is 129 Å². The smallest absolute Gasteiger partial charge is 0.231 e. The van der Waals surface area contributed by atoms with Gasteiger partial charge in [-0.05, 0) is 31.6 Å². The second-order valence-electron chi connectivity index (χ2n) is 7.12. The molecule has 1 aliphatic heterocycles. The van der Waals surface area contributed by atoms with E-state index in [2.05, 4.69) is 20.3 Å². The first kappa shape index (κ1) is 20.9. The summed E-state index contributed by atoms with van der Waals surface area (Å²) >= 11 is 0. The fourth-order valence-corrected chi connectivity index (χ4v) is 4.17. The van der Waals surface area contributed by atoms with Crippen molar-refractivity contribution >= 4 is 21.9 Å². The number of rotatable bonds is 9. The lowest BCUT2D eigenvalue weighted by molar-refractivity contribution is -0.119. The van der Waals surface area contributed by atoms with Crippen molar-refractivity contribution in [2.75, 3.05) is 45.5 Å². The lowest BCUT2D eigenvalue weighted by Crippen LogP contribution is -2.50. The molecule has 1 saturated carbocycles. The summed E-state index contributed by atoms with van der Waals surface area (Å²) < 4.78 is 26.7. The van der Waals surface area contributed by atoms with Crippen LogP contribution < -0.4 is 21.1 Å². The predicted octanol–water partition coefficient (Wildman–Crippen LogP) is -1.18. The van der Waals surface area contributed by atoms with Gasteiger partial charge in [0.25, 0.3) is 0 Å². The van der Waals surface area contributed by atoms with Gasteiger partial charge in [-0.1, -0.05) is 6.42 Å². The third-order valence-corrected chi connectivity index (χ3v) is 6.36. The number of nitrogens with zero attached hydrogens (tertiary/aromatic N) is 2. The van der Waals surface area contributed by atoms with Gasteiger partial charge in [-0.3, -0.25) is 14.7 Å². The summed E-state index contributed by atoms with van der Waals surface area (Å²) in [6.45, 7) is 2.76. The quantitative estimate of drug-likeness (QED) is 0.291. The highest BCUT2D eigenvalue weighted by Crippen LogP contribution is 2.25. The van der Waals surface area contributed by atoms with Crippen molar-refractivity contribution in [2.24, 2.45) is 16.6 Å². The van der Waals surface area contributed by atoms with E-state index in [1.807, 2.05) is 4.90 Å². The zero-order chi connectivity index (χ0) is 19.0. The first-order valence-electron chi connectivity index (χ1n) is 9.33. The Morgan fingerprint density at radius 1 is 1.23 bits per heavy atom. The van der Waals surface area contributed by atoms with E-state index in [9.17, 15) is 13.2 Å². The van der Waals surface area contributed by atoms with Gasteiger partial charge in [0.05, 0.1) is 12.3 Å². The summed E-state index contributed by atoms with van der Waals surface area (Å²) in [6, 6.07) is 0.249. The summed E-state index contributed by atoms with van der Waals surface area (Å²) in [6.07, 6.45) is 5.22. The second-order valence-corrected chi connectivity index (χ2v) is 9.05. The van der Waals surface area contributed by atoms with E-state index in [-0.39, 0.29) is 17.7 Å². The Morgan fingerprint density at radius 2 is 1.92 bits per heavy atom. The lowest BCUT2D eigenvalue weighted by Gasteiger charge is -2.32. The van der Waals surface area contributed by atoms with Crippen LogP contribution in [0.3, 0.4) is 0 Å². The Bertz CT molecular complexity index is 583. The van der Waals surface area contributed by atoms with Gasteiger partial charge in [0.2, 0.25) is 15.9 Å². The number of hydrogen-bond donors (Lipinski definition) is 4. The molecule has 0 aromatic rings. The Balaban J connectivity index is 1.64.